The molecule has 0 aromatic carbocycles. The predicted octanol–water partition coefficient (Wildman–Crippen LogP) is -2.86. The van der Waals surface area contributed by atoms with Crippen molar-refractivity contribution in [3.63, 3.8) is 0 Å². The number of hydrogen-bond acceptors (Lipinski definition) is 5. The summed E-state index contributed by atoms with van der Waals surface area (Å²) in [6.07, 6.45) is -0.532. The van der Waals surface area contributed by atoms with Crippen LogP contribution < -0.4 is 5.73 Å². The molecule has 0 aliphatic rings. The van der Waals surface area contributed by atoms with Crippen LogP contribution in [-0.2, 0) is 17.3 Å². The first-order chi connectivity index (χ1) is 6.04. The van der Waals surface area contributed by atoms with Crippen LogP contribution in [0.4, 0.5) is 0 Å². The third-order valence-electron chi connectivity index (χ3n) is 0.712. The quantitative estimate of drug-likeness (QED) is 0.340. The number of rotatable bonds is 3. The summed E-state index contributed by atoms with van der Waals surface area (Å²) in [4.78, 5) is 19.6. The van der Waals surface area contributed by atoms with Crippen LogP contribution in [0.2, 0.25) is 0 Å². The van der Waals surface area contributed by atoms with E-state index in [4.69, 9.17) is 32.0 Å². The van der Waals surface area contributed by atoms with E-state index in [9.17, 15) is 9.59 Å². The summed E-state index contributed by atoms with van der Waals surface area (Å²) in [5.41, 5.74) is 4.84. The fraction of sp³-hybridized carbons (Fsp3) is 0.500. The number of carboxylic acid groups (broad SMARTS) is 2. The number of carboxylic acids is 2. The molecule has 84 valence electrons. The van der Waals surface area contributed by atoms with Crippen molar-refractivity contribution in [2.45, 2.75) is 12.5 Å². The van der Waals surface area contributed by atoms with Gasteiger partial charge >= 0.3 is 41.4 Å². The van der Waals surface area contributed by atoms with E-state index in [1.54, 1.807) is 0 Å². The Bertz CT molecular complexity index is 286. The molecule has 14 heavy (non-hydrogen) atoms. The van der Waals surface area contributed by atoms with Crippen LogP contribution in [0.5, 0.6) is 0 Å². The average Bonchev–Trinajstić information content (AvgIpc) is 1.80. The van der Waals surface area contributed by atoms with E-state index in [-0.39, 0.29) is 0 Å². The molecule has 0 spiro atoms. The maximum atomic E-state index is 9.85. The van der Waals surface area contributed by atoms with Gasteiger partial charge in [-0.3, -0.25) is 9.59 Å². The van der Waals surface area contributed by atoms with Gasteiger partial charge in [0.05, 0.1) is 6.42 Å². The zero-order valence-corrected chi connectivity index (χ0v) is 8.40. The van der Waals surface area contributed by atoms with E-state index in [1.165, 1.54) is 0 Å². The van der Waals surface area contributed by atoms with Gasteiger partial charge in [0.2, 0.25) is 0 Å². The number of carbonyl (C=O) groups is 2. The van der Waals surface area contributed by atoms with Gasteiger partial charge in [0, 0.05) is 0 Å². The molecule has 0 radical (unpaired) electrons. The molecule has 6 N–H and O–H groups in total. The summed E-state index contributed by atoms with van der Waals surface area (Å²) >= 11 is -5.25. The molecule has 10 heteroatoms. The van der Waals surface area contributed by atoms with Gasteiger partial charge in [-0.1, -0.05) is 0 Å². The zero-order valence-electron chi connectivity index (χ0n) is 6.69. The Morgan fingerprint density at radius 1 is 1.21 bits per heavy atom. The first kappa shape index (κ1) is 15.4. The first-order valence-corrected chi connectivity index (χ1v) is 5.87. The molecule has 0 aromatic rings. The van der Waals surface area contributed by atoms with E-state index >= 15 is 0 Å². The molecule has 0 bridgehead atoms. The predicted molar refractivity (Wildman–Crippen MR) is 39.4 cm³/mol. The second-order valence-corrected chi connectivity index (χ2v) is 3.87. The van der Waals surface area contributed by atoms with E-state index < -0.39 is 37.8 Å². The Labute approximate surface area is 80.0 Å². The van der Waals surface area contributed by atoms with E-state index in [1.807, 2.05) is 0 Å². The van der Waals surface area contributed by atoms with Crippen LogP contribution >= 0.6 is 0 Å². The van der Waals surface area contributed by atoms with Crippen LogP contribution in [0.3, 0.4) is 0 Å². The summed E-state index contributed by atoms with van der Waals surface area (Å²) in [6, 6.07) is -1.29. The van der Waals surface area contributed by atoms with Gasteiger partial charge in [0.25, 0.3) is 0 Å². The van der Waals surface area contributed by atoms with Gasteiger partial charge in [0.1, 0.15) is 6.04 Å². The molecule has 0 saturated carbocycles. The third-order valence-corrected chi connectivity index (χ3v) is 0.712. The van der Waals surface area contributed by atoms with Crippen molar-refractivity contribution in [3.05, 3.63) is 0 Å². The van der Waals surface area contributed by atoms with Gasteiger partial charge in [-0.25, -0.2) is 0 Å². The summed E-state index contributed by atoms with van der Waals surface area (Å²) in [6.45, 7) is 0. The van der Waals surface area contributed by atoms with Gasteiger partial charge < -0.3 is 15.9 Å². The summed E-state index contributed by atoms with van der Waals surface area (Å²) in [7, 11) is 0. The molecule has 1 unspecified atom stereocenters. The van der Waals surface area contributed by atoms with Gasteiger partial charge in [-0.2, -0.15) is 0 Å². The van der Waals surface area contributed by atoms with Crippen molar-refractivity contribution in [3.8, 4) is 0 Å². The molecule has 0 saturated heterocycles. The number of nitrogens with two attached hydrogens (primary N) is 1. The Kier molecular flexibility index (Phi) is 7.05. The van der Waals surface area contributed by atoms with Gasteiger partial charge in [-0.05, 0) is 0 Å². The molecule has 0 heterocycles. The minimum atomic E-state index is -5.25. The Morgan fingerprint density at radius 3 is 1.57 bits per heavy atom. The summed E-state index contributed by atoms with van der Waals surface area (Å²) < 4.78 is 31.9. The SMILES string of the molecule is NC(CC(=O)O)C(=O)O.O=[Se](=O)(O)O. The van der Waals surface area contributed by atoms with Gasteiger partial charge in [0.15, 0.2) is 0 Å². The molecule has 9 nitrogen and oxygen atoms in total. The monoisotopic (exact) mass is 279 g/mol. The van der Waals surface area contributed by atoms with Crippen molar-refractivity contribution in [1.29, 1.82) is 0 Å². The molecular weight excluding hydrogens is 269 g/mol. The average molecular weight is 278 g/mol. The fourth-order valence-electron chi connectivity index (χ4n) is 0.275. The molecule has 0 fully saturated rings. The molecule has 0 amide bonds. The topological polar surface area (TPSA) is 175 Å². The standard InChI is InChI=1S/C4H7NO4.H2O4Se/c5-2(4(8)9)1-3(6)7;1-5(2,3)4/h2H,1,5H2,(H,6,7)(H,8,9);(H2,1,2,3,4). The number of hydrogen-bond donors (Lipinski definition) is 5. The van der Waals surface area contributed by atoms with Crippen molar-refractivity contribution < 1.29 is 35.8 Å². The van der Waals surface area contributed by atoms with E-state index in [2.05, 4.69) is 0 Å². The first-order valence-electron chi connectivity index (χ1n) is 2.94. The van der Waals surface area contributed by atoms with Crippen molar-refractivity contribution in [2.24, 2.45) is 5.73 Å². The maximum absolute atomic E-state index is 9.85. The second-order valence-electron chi connectivity index (χ2n) is 1.99. The van der Waals surface area contributed by atoms with Crippen LogP contribution in [0.25, 0.3) is 0 Å². The molecule has 0 aliphatic heterocycles. The Morgan fingerprint density at radius 2 is 1.50 bits per heavy atom. The van der Waals surface area contributed by atoms with Crippen LogP contribution in [0, 0.1) is 0 Å². The second kappa shape index (κ2) is 6.40. The Hall–Kier alpha value is -1.06. The molecule has 0 rings (SSSR count). The number of aliphatic carboxylic acids is 2. The van der Waals surface area contributed by atoms with E-state index in [0.29, 0.717) is 0 Å². The third kappa shape index (κ3) is 22.4. The van der Waals surface area contributed by atoms with Crippen LogP contribution in [0.15, 0.2) is 0 Å². The molecular formula is C4H9NO8Se. The summed E-state index contributed by atoms with van der Waals surface area (Å²) in [5.74, 6) is -2.50. The normalized spacial score (nSPS) is 12.2. The van der Waals surface area contributed by atoms with Crippen molar-refractivity contribution >= 4 is 25.3 Å². The molecule has 1 atom stereocenters. The van der Waals surface area contributed by atoms with Crippen molar-refractivity contribution in [1.82, 2.24) is 0 Å². The summed E-state index contributed by atoms with van der Waals surface area (Å²) in [5, 5.41) is 16.0. The Balaban J connectivity index is 0. The zero-order chi connectivity index (χ0) is 11.9. The van der Waals surface area contributed by atoms with Crippen LogP contribution in [0.1, 0.15) is 6.42 Å². The van der Waals surface area contributed by atoms with Crippen molar-refractivity contribution in [2.75, 3.05) is 0 Å². The minimum absolute atomic E-state index is 0.532. The van der Waals surface area contributed by atoms with Gasteiger partial charge in [-0.15, -0.1) is 0 Å². The molecule has 0 aromatic heterocycles. The van der Waals surface area contributed by atoms with Crippen LogP contribution in [-0.4, -0.2) is 49.9 Å². The molecule has 0 aliphatic carbocycles. The van der Waals surface area contributed by atoms with E-state index in [0.717, 1.165) is 0 Å². The fourth-order valence-corrected chi connectivity index (χ4v) is 0.275.